The maximum Gasteiger partial charge on any atom is 0.430 e. The first-order chi connectivity index (χ1) is 11.0. The van der Waals surface area contributed by atoms with Crippen molar-refractivity contribution in [3.05, 3.63) is 24.0 Å². The van der Waals surface area contributed by atoms with Crippen LogP contribution < -0.4 is 9.79 Å². The zero-order chi connectivity index (χ0) is 18.9. The first-order valence-corrected chi connectivity index (χ1v) is 6.41. The van der Waals surface area contributed by atoms with Crippen LogP contribution in [-0.2, 0) is 20.9 Å². The summed E-state index contributed by atoms with van der Waals surface area (Å²) in [5.74, 6) is -3.39. The minimum atomic E-state index is -5.19. The van der Waals surface area contributed by atoms with E-state index in [0.29, 0.717) is 12.1 Å². The van der Waals surface area contributed by atoms with Crippen LogP contribution in [0.5, 0.6) is 0 Å². The maximum atomic E-state index is 11.6. The Balaban J connectivity index is 0.000000640. The number of hydrogen-bond donors (Lipinski definition) is 0. The molecule has 0 aliphatic rings. The molecule has 8 nitrogen and oxygen atoms in total. The fraction of sp³-hybridized carbons (Fsp3) is 0.462. The first-order valence-electron chi connectivity index (χ1n) is 6.41. The molecule has 0 fully saturated rings. The van der Waals surface area contributed by atoms with Crippen LogP contribution in [-0.4, -0.2) is 55.2 Å². The van der Waals surface area contributed by atoms with Crippen molar-refractivity contribution in [2.75, 3.05) is 21.2 Å². The number of aryl methyl sites for hydroxylation is 1. The zero-order valence-corrected chi connectivity index (χ0v) is 13.2. The molecule has 1 aromatic heterocycles. The molecule has 0 radical (unpaired) electrons. The van der Waals surface area contributed by atoms with Gasteiger partial charge in [-0.25, -0.2) is 0 Å². The lowest BCUT2D eigenvalue weighted by molar-refractivity contribution is -0.753. The molecule has 0 saturated heterocycles. The molecule has 24 heavy (non-hydrogen) atoms. The van der Waals surface area contributed by atoms with E-state index in [0.717, 1.165) is 0 Å². The summed E-state index contributed by atoms with van der Waals surface area (Å²) in [7, 11) is 4.71. The fourth-order valence-electron chi connectivity index (χ4n) is 1.21. The van der Waals surface area contributed by atoms with Gasteiger partial charge in [-0.2, -0.15) is 13.2 Å². The summed E-state index contributed by atoms with van der Waals surface area (Å²) < 4.78 is 37.7. The molecule has 134 valence electrons. The number of ether oxygens (including phenoxy) is 1. The summed E-state index contributed by atoms with van der Waals surface area (Å²) in [6, 6.07) is 1.67. The summed E-state index contributed by atoms with van der Waals surface area (Å²) in [5, 5.41) is 12.8. The van der Waals surface area contributed by atoms with Gasteiger partial charge >= 0.3 is 12.1 Å². The van der Waals surface area contributed by atoms with E-state index in [9.17, 15) is 22.8 Å². The van der Waals surface area contributed by atoms with Crippen LogP contribution >= 0.6 is 0 Å². The van der Waals surface area contributed by atoms with Crippen molar-refractivity contribution in [1.29, 1.82) is 0 Å². The number of carboxylic acid groups (broad SMARTS) is 1. The molecule has 1 amide bonds. The monoisotopic (exact) mass is 351 g/mol. The highest BCUT2D eigenvalue weighted by atomic mass is 19.4. The van der Waals surface area contributed by atoms with Gasteiger partial charge in [0.15, 0.2) is 12.7 Å². The van der Waals surface area contributed by atoms with Gasteiger partial charge in [-0.3, -0.25) is 9.59 Å². The third kappa shape index (κ3) is 8.06. The number of carbonyl (C=O) groups excluding carboxylic acids is 3. The van der Waals surface area contributed by atoms with Crippen LogP contribution in [0.4, 0.5) is 13.2 Å². The van der Waals surface area contributed by atoms with E-state index in [4.69, 9.17) is 9.90 Å². The van der Waals surface area contributed by atoms with Crippen molar-refractivity contribution in [3.63, 3.8) is 0 Å². The van der Waals surface area contributed by atoms with Crippen LogP contribution in [0, 0.1) is 0 Å². The van der Waals surface area contributed by atoms with E-state index < -0.39 is 12.1 Å². The minimum Gasteiger partial charge on any atom is -0.542 e. The van der Waals surface area contributed by atoms with Crippen LogP contribution in [0.25, 0.3) is 0 Å². The van der Waals surface area contributed by atoms with Crippen molar-refractivity contribution >= 4 is 17.8 Å². The van der Waals surface area contributed by atoms with E-state index in [-0.39, 0.29) is 18.3 Å². The summed E-state index contributed by atoms with van der Waals surface area (Å²) >= 11 is 0. The molecule has 0 spiro atoms. The molecule has 11 heteroatoms. The van der Waals surface area contributed by atoms with Gasteiger partial charge in [-0.15, -0.1) is 0 Å². The predicted molar refractivity (Wildman–Crippen MR) is 70.1 cm³/mol. The van der Waals surface area contributed by atoms with Gasteiger partial charge in [-0.05, 0) is 5.10 Å². The molecule has 0 saturated carbocycles. The van der Waals surface area contributed by atoms with Crippen LogP contribution in [0.2, 0.25) is 0 Å². The Morgan fingerprint density at radius 3 is 2.21 bits per heavy atom. The highest BCUT2D eigenvalue weighted by molar-refractivity contribution is 5.93. The zero-order valence-electron chi connectivity index (χ0n) is 13.2. The van der Waals surface area contributed by atoms with Crippen LogP contribution in [0.3, 0.4) is 0 Å². The molecule has 0 N–H and O–H groups in total. The van der Waals surface area contributed by atoms with E-state index in [1.165, 1.54) is 18.2 Å². The Labute approximate surface area is 135 Å². The van der Waals surface area contributed by atoms with Gasteiger partial charge in [0.25, 0.3) is 5.91 Å². The van der Waals surface area contributed by atoms with E-state index >= 15 is 0 Å². The highest BCUT2D eigenvalue weighted by Crippen LogP contribution is 2.11. The third-order valence-corrected chi connectivity index (χ3v) is 2.43. The number of aromatic nitrogens is 2. The number of aliphatic carboxylic acids is 1. The normalized spacial score (nSPS) is 10.2. The molecule has 0 bridgehead atoms. The molecule has 0 aliphatic carbocycles. The summed E-state index contributed by atoms with van der Waals surface area (Å²) in [5.41, 5.74) is 0.518. The number of methoxy groups -OCH3 is 1. The van der Waals surface area contributed by atoms with Crippen molar-refractivity contribution in [3.8, 4) is 0 Å². The Morgan fingerprint density at radius 1 is 1.33 bits per heavy atom. The standard InChI is InChI=1S/C11H16N3O3.C2HF3O2/c1-13(2)11(16)9-4-6-14(12-8-9)7-5-10(15)17-3;3-2(4,5)1(6)7/h4,6,8H,5,7H2,1-3H3;(H,6,7)/q+1;/p-1. The molecule has 1 rings (SSSR count). The second-order valence-corrected chi connectivity index (χ2v) is 4.49. The third-order valence-electron chi connectivity index (χ3n) is 2.43. The Kier molecular flexibility index (Phi) is 8.36. The molecule has 1 aromatic rings. The second-order valence-electron chi connectivity index (χ2n) is 4.49. The summed E-state index contributed by atoms with van der Waals surface area (Å²) in [4.78, 5) is 32.8. The molecule has 0 aromatic carbocycles. The molecular formula is C13H16F3N3O5. The fourth-order valence-corrected chi connectivity index (χ4v) is 1.21. The number of hydrogen-bond acceptors (Lipinski definition) is 6. The smallest absolute Gasteiger partial charge is 0.430 e. The highest BCUT2D eigenvalue weighted by Gasteiger charge is 2.28. The Morgan fingerprint density at radius 2 is 1.88 bits per heavy atom. The largest absolute Gasteiger partial charge is 0.542 e. The van der Waals surface area contributed by atoms with Gasteiger partial charge in [0.05, 0.1) is 12.7 Å². The second kappa shape index (κ2) is 9.43. The maximum absolute atomic E-state index is 11.6. The predicted octanol–water partition coefficient (Wildman–Crippen LogP) is -1.07. The van der Waals surface area contributed by atoms with E-state index in [2.05, 4.69) is 9.84 Å². The molecule has 1 heterocycles. The average molecular weight is 351 g/mol. The van der Waals surface area contributed by atoms with Crippen LogP contribution in [0.1, 0.15) is 16.8 Å². The number of halogens is 3. The number of amides is 1. The van der Waals surface area contributed by atoms with Gasteiger partial charge in [0.2, 0.25) is 0 Å². The SMILES string of the molecule is COC(=O)CC[n+]1ccc(C(=O)N(C)C)cn1.O=C([O-])C(F)(F)F. The number of carboxylic acids is 1. The molecule has 0 atom stereocenters. The molecule has 0 aliphatic heterocycles. The van der Waals surface area contributed by atoms with Gasteiger partial charge in [0, 0.05) is 20.2 Å². The van der Waals surface area contributed by atoms with E-state index in [1.807, 2.05) is 0 Å². The van der Waals surface area contributed by atoms with Crippen molar-refractivity contribution < 1.29 is 42.1 Å². The number of rotatable bonds is 4. The lowest BCUT2D eigenvalue weighted by Crippen LogP contribution is -2.39. The lowest BCUT2D eigenvalue weighted by atomic mass is 10.3. The molecule has 0 unspecified atom stereocenters. The Bertz CT molecular complexity index is 573. The topological polar surface area (TPSA) is 104 Å². The van der Waals surface area contributed by atoms with Crippen molar-refractivity contribution in [2.24, 2.45) is 0 Å². The summed E-state index contributed by atoms with van der Waals surface area (Å²) in [6.07, 6.45) is -1.78. The lowest BCUT2D eigenvalue weighted by Gasteiger charge is -2.08. The molecular weight excluding hydrogens is 335 g/mol. The number of nitrogens with zero attached hydrogens (tertiary/aromatic N) is 3. The van der Waals surface area contributed by atoms with Gasteiger partial charge in [0.1, 0.15) is 18.6 Å². The van der Waals surface area contributed by atoms with Gasteiger partial charge < -0.3 is 19.5 Å². The number of esters is 1. The first kappa shape index (κ1) is 21.3. The quantitative estimate of drug-likeness (QED) is 0.506. The van der Waals surface area contributed by atoms with Crippen LogP contribution in [0.15, 0.2) is 18.5 Å². The van der Waals surface area contributed by atoms with Crippen molar-refractivity contribution in [2.45, 2.75) is 19.1 Å². The summed E-state index contributed by atoms with van der Waals surface area (Å²) in [6.45, 7) is 0.434. The minimum absolute atomic E-state index is 0.0994. The average Bonchev–Trinajstić information content (AvgIpc) is 2.51. The van der Waals surface area contributed by atoms with Gasteiger partial charge in [-0.1, -0.05) is 4.68 Å². The Hall–Kier alpha value is -2.72. The number of carbonyl (C=O) groups is 3. The van der Waals surface area contributed by atoms with E-state index in [1.54, 1.807) is 31.0 Å². The number of alkyl halides is 3. The van der Waals surface area contributed by atoms with Crippen molar-refractivity contribution in [1.82, 2.24) is 10.00 Å².